The smallest absolute Gasteiger partial charge is 0.227 e. The van der Waals surface area contributed by atoms with Crippen LogP contribution < -0.4 is 4.90 Å². The van der Waals surface area contributed by atoms with Crippen LogP contribution in [0.1, 0.15) is 58.4 Å². The van der Waals surface area contributed by atoms with Crippen LogP contribution in [-0.2, 0) is 11.2 Å². The molecule has 1 unspecified atom stereocenters. The summed E-state index contributed by atoms with van der Waals surface area (Å²) in [7, 11) is 0. The Labute approximate surface area is 184 Å². The summed E-state index contributed by atoms with van der Waals surface area (Å²) in [6.07, 6.45) is 4.01. The Morgan fingerprint density at radius 1 is 1.13 bits per heavy atom. The number of carbonyl (C=O) groups excluding carboxylic acids is 1. The molecule has 1 amide bonds. The lowest BCUT2D eigenvalue weighted by Gasteiger charge is -2.43. The van der Waals surface area contributed by atoms with E-state index < -0.39 is 11.6 Å². The first-order chi connectivity index (χ1) is 14.3. The summed E-state index contributed by atoms with van der Waals surface area (Å²) >= 11 is 5.97. The third kappa shape index (κ3) is 6.53. The highest BCUT2D eigenvalue weighted by Gasteiger charge is 2.37. The first kappa shape index (κ1) is 24.3. The number of anilines is 1. The average Bonchev–Trinajstić information content (AvgIpc) is 2.71. The van der Waals surface area contributed by atoms with Crippen molar-refractivity contribution in [2.24, 2.45) is 5.41 Å². The minimum absolute atomic E-state index is 0.137. The molecule has 0 bridgehead atoms. The molecule has 0 saturated carbocycles. The monoisotopic (exact) mass is 435 g/mol. The van der Waals surface area contributed by atoms with E-state index in [-0.39, 0.29) is 29.5 Å². The molecule has 30 heavy (non-hydrogen) atoms. The van der Waals surface area contributed by atoms with Crippen LogP contribution in [0, 0.1) is 17.0 Å². The highest BCUT2D eigenvalue weighted by molar-refractivity contribution is 6.17. The Morgan fingerprint density at radius 2 is 1.83 bits per heavy atom. The van der Waals surface area contributed by atoms with Crippen molar-refractivity contribution < 1.29 is 13.6 Å². The van der Waals surface area contributed by atoms with Crippen molar-refractivity contribution in [3.8, 4) is 0 Å². The molecule has 0 heterocycles. The van der Waals surface area contributed by atoms with Crippen molar-refractivity contribution in [3.63, 3.8) is 0 Å². The van der Waals surface area contributed by atoms with Crippen molar-refractivity contribution in [2.75, 3.05) is 10.8 Å². The molecule has 0 aliphatic carbocycles. The topological polar surface area (TPSA) is 20.3 Å². The molecular formula is C25H32ClF2NO. The van der Waals surface area contributed by atoms with Crippen LogP contribution in [0.15, 0.2) is 48.5 Å². The predicted octanol–water partition coefficient (Wildman–Crippen LogP) is 7.14. The number of aryl methyl sites for hydroxylation is 1. The fraction of sp³-hybridized carbons (Fsp3) is 0.480. The molecule has 0 aliphatic rings. The van der Waals surface area contributed by atoms with Crippen molar-refractivity contribution in [3.05, 3.63) is 65.7 Å². The summed E-state index contributed by atoms with van der Waals surface area (Å²) in [4.78, 5) is 15.0. The number of benzene rings is 2. The van der Waals surface area contributed by atoms with Crippen LogP contribution in [0.5, 0.6) is 0 Å². The van der Waals surface area contributed by atoms with Gasteiger partial charge < -0.3 is 4.90 Å². The third-order valence-corrected chi connectivity index (χ3v) is 5.89. The van der Waals surface area contributed by atoms with E-state index in [1.165, 1.54) is 12.1 Å². The van der Waals surface area contributed by atoms with Gasteiger partial charge in [-0.25, -0.2) is 8.78 Å². The molecule has 0 fully saturated rings. The molecule has 0 spiro atoms. The molecule has 164 valence electrons. The standard InChI is InChI=1S/C25H32ClF2NO/c1-4-16-25(2,3)23(11-8-17-26)29(22-14-13-20(27)18-21(22)28)24(30)15-12-19-9-6-5-7-10-19/h5-7,9-10,13-14,18,23H,4,8,11-12,15-17H2,1-3H3. The molecule has 0 aliphatic heterocycles. The lowest BCUT2D eigenvalue weighted by atomic mass is 9.77. The van der Waals surface area contributed by atoms with Gasteiger partial charge in [0.15, 0.2) is 0 Å². The van der Waals surface area contributed by atoms with E-state index in [0.717, 1.165) is 24.5 Å². The Bertz CT molecular complexity index is 810. The number of hydrogen-bond donors (Lipinski definition) is 0. The molecule has 5 heteroatoms. The number of rotatable bonds is 11. The number of hydrogen-bond acceptors (Lipinski definition) is 1. The Kier molecular flexibility index (Phi) is 9.29. The first-order valence-electron chi connectivity index (χ1n) is 10.7. The average molecular weight is 436 g/mol. The lowest BCUT2D eigenvalue weighted by Crippen LogP contribution is -2.49. The van der Waals surface area contributed by atoms with Crippen molar-refractivity contribution in [2.45, 2.75) is 65.3 Å². The van der Waals surface area contributed by atoms with E-state index in [4.69, 9.17) is 11.6 Å². The molecule has 0 radical (unpaired) electrons. The van der Waals surface area contributed by atoms with Crippen molar-refractivity contribution in [1.82, 2.24) is 0 Å². The molecule has 2 rings (SSSR count). The first-order valence-corrected chi connectivity index (χ1v) is 11.2. The minimum Gasteiger partial charge on any atom is -0.306 e. The number of alkyl halides is 1. The lowest BCUT2D eigenvalue weighted by molar-refractivity contribution is -0.119. The highest BCUT2D eigenvalue weighted by atomic mass is 35.5. The number of amides is 1. The van der Waals surface area contributed by atoms with Gasteiger partial charge in [0.25, 0.3) is 0 Å². The molecule has 1 atom stereocenters. The zero-order valence-electron chi connectivity index (χ0n) is 18.1. The number of nitrogens with zero attached hydrogens (tertiary/aromatic N) is 1. The summed E-state index contributed by atoms with van der Waals surface area (Å²) in [5.74, 6) is -1.06. The maximum atomic E-state index is 14.8. The highest BCUT2D eigenvalue weighted by Crippen LogP contribution is 2.37. The summed E-state index contributed by atoms with van der Waals surface area (Å²) < 4.78 is 28.4. The Balaban J connectivity index is 2.42. The van der Waals surface area contributed by atoms with E-state index in [2.05, 4.69) is 20.8 Å². The van der Waals surface area contributed by atoms with E-state index in [1.54, 1.807) is 4.90 Å². The normalized spacial score (nSPS) is 12.6. The van der Waals surface area contributed by atoms with Crippen LogP contribution in [0.2, 0.25) is 0 Å². The van der Waals surface area contributed by atoms with Gasteiger partial charge in [-0.05, 0) is 48.8 Å². The van der Waals surface area contributed by atoms with Crippen LogP contribution in [0.4, 0.5) is 14.5 Å². The quantitative estimate of drug-likeness (QED) is 0.343. The van der Waals surface area contributed by atoms with Gasteiger partial charge in [0, 0.05) is 24.4 Å². The van der Waals surface area contributed by atoms with Crippen molar-refractivity contribution in [1.29, 1.82) is 0 Å². The maximum absolute atomic E-state index is 14.8. The molecule has 2 aromatic carbocycles. The summed E-state index contributed by atoms with van der Waals surface area (Å²) in [5, 5.41) is 0. The molecule has 0 saturated heterocycles. The van der Waals surface area contributed by atoms with Gasteiger partial charge >= 0.3 is 0 Å². The van der Waals surface area contributed by atoms with Crippen LogP contribution >= 0.6 is 11.6 Å². The van der Waals surface area contributed by atoms with Gasteiger partial charge in [-0.2, -0.15) is 0 Å². The van der Waals surface area contributed by atoms with E-state index in [0.29, 0.717) is 25.1 Å². The van der Waals surface area contributed by atoms with Crippen LogP contribution in [-0.4, -0.2) is 17.8 Å². The van der Waals surface area contributed by atoms with Gasteiger partial charge in [-0.3, -0.25) is 4.79 Å². The Morgan fingerprint density at radius 3 is 2.43 bits per heavy atom. The molecule has 2 aromatic rings. The predicted molar refractivity (Wildman–Crippen MR) is 121 cm³/mol. The minimum atomic E-state index is -0.716. The van der Waals surface area contributed by atoms with Gasteiger partial charge in [-0.15, -0.1) is 11.6 Å². The largest absolute Gasteiger partial charge is 0.306 e. The summed E-state index contributed by atoms with van der Waals surface area (Å²) in [6.45, 7) is 6.31. The SMILES string of the molecule is CCCC(C)(C)C(CCCCl)N(C(=O)CCc1ccccc1)c1ccc(F)cc1F. The third-order valence-electron chi connectivity index (χ3n) is 5.63. The van der Waals surface area contributed by atoms with Gasteiger partial charge in [0.2, 0.25) is 5.91 Å². The maximum Gasteiger partial charge on any atom is 0.227 e. The second kappa shape index (κ2) is 11.5. The van der Waals surface area contributed by atoms with Crippen LogP contribution in [0.3, 0.4) is 0 Å². The molecule has 0 N–H and O–H groups in total. The van der Waals surface area contributed by atoms with Gasteiger partial charge in [-0.1, -0.05) is 57.5 Å². The Hall–Kier alpha value is -1.94. The number of carbonyl (C=O) groups is 1. The van der Waals surface area contributed by atoms with E-state index in [9.17, 15) is 13.6 Å². The van der Waals surface area contributed by atoms with E-state index in [1.807, 2.05) is 30.3 Å². The summed E-state index contributed by atoms with van der Waals surface area (Å²) in [6, 6.07) is 12.9. The number of halogens is 3. The van der Waals surface area contributed by atoms with Gasteiger partial charge in [0.05, 0.1) is 5.69 Å². The molecule has 0 aromatic heterocycles. The van der Waals surface area contributed by atoms with Gasteiger partial charge in [0.1, 0.15) is 11.6 Å². The molecule has 2 nitrogen and oxygen atoms in total. The second-order valence-electron chi connectivity index (χ2n) is 8.43. The molecular weight excluding hydrogens is 404 g/mol. The van der Waals surface area contributed by atoms with E-state index >= 15 is 0 Å². The fourth-order valence-corrected chi connectivity index (χ4v) is 4.27. The zero-order chi connectivity index (χ0) is 22.1. The zero-order valence-corrected chi connectivity index (χ0v) is 18.9. The van der Waals surface area contributed by atoms with Crippen molar-refractivity contribution >= 4 is 23.2 Å². The second-order valence-corrected chi connectivity index (χ2v) is 8.81. The van der Waals surface area contributed by atoms with Crippen LogP contribution in [0.25, 0.3) is 0 Å². The summed E-state index contributed by atoms with van der Waals surface area (Å²) in [5.41, 5.74) is 0.943. The fourth-order valence-electron chi connectivity index (χ4n) is 4.12.